The lowest BCUT2D eigenvalue weighted by molar-refractivity contribution is 0.347. The molecule has 0 fully saturated rings. The summed E-state index contributed by atoms with van der Waals surface area (Å²) >= 11 is 6.19. The van der Waals surface area contributed by atoms with E-state index in [4.69, 9.17) is 25.8 Å². The van der Waals surface area contributed by atoms with Crippen LogP contribution in [0, 0.1) is 0 Å². The molecular formula is C20H26ClN3O3. The number of nitrogens with zero attached hydrogens (tertiary/aromatic N) is 1. The number of aliphatic imine (C=N–C) groups is 1. The minimum atomic E-state index is 0.523. The lowest BCUT2D eigenvalue weighted by Crippen LogP contribution is -2.37. The van der Waals surface area contributed by atoms with Crippen molar-refractivity contribution in [3.8, 4) is 17.2 Å². The molecule has 2 rings (SSSR count). The largest absolute Gasteiger partial charge is 0.496 e. The van der Waals surface area contributed by atoms with Crippen molar-refractivity contribution in [3.63, 3.8) is 0 Å². The fourth-order valence-corrected chi connectivity index (χ4v) is 2.88. The normalized spacial score (nSPS) is 11.1. The van der Waals surface area contributed by atoms with Crippen molar-refractivity contribution in [2.24, 2.45) is 4.99 Å². The molecule has 0 aliphatic heterocycles. The summed E-state index contributed by atoms with van der Waals surface area (Å²) in [7, 11) is 6.56. The van der Waals surface area contributed by atoms with Gasteiger partial charge in [0.05, 0.1) is 21.3 Å². The molecular weight excluding hydrogens is 366 g/mol. The minimum absolute atomic E-state index is 0.523. The summed E-state index contributed by atoms with van der Waals surface area (Å²) in [6.07, 6.45) is 0.806. The predicted molar refractivity (Wildman–Crippen MR) is 109 cm³/mol. The van der Waals surface area contributed by atoms with Gasteiger partial charge in [0.25, 0.3) is 0 Å². The van der Waals surface area contributed by atoms with Crippen LogP contribution in [-0.2, 0) is 13.0 Å². The number of methoxy groups -OCH3 is 3. The maximum absolute atomic E-state index is 6.19. The standard InChI is InChI=1S/C20H26ClN3O3/c1-22-20(23-10-9-14-7-5-6-8-16(14)21)24-13-15-11-18(26-3)19(27-4)12-17(15)25-2/h5-8,11-12H,9-10,13H2,1-4H3,(H2,22,23,24). The van der Waals surface area contributed by atoms with Crippen molar-refractivity contribution < 1.29 is 14.2 Å². The summed E-state index contributed by atoms with van der Waals surface area (Å²) < 4.78 is 16.1. The number of benzene rings is 2. The molecule has 0 atom stereocenters. The van der Waals surface area contributed by atoms with Crippen LogP contribution in [0.4, 0.5) is 0 Å². The van der Waals surface area contributed by atoms with Gasteiger partial charge in [-0.2, -0.15) is 0 Å². The van der Waals surface area contributed by atoms with E-state index in [-0.39, 0.29) is 0 Å². The Bertz CT molecular complexity index is 781. The van der Waals surface area contributed by atoms with Gasteiger partial charge in [-0.15, -0.1) is 0 Å². The topological polar surface area (TPSA) is 64.1 Å². The Morgan fingerprint density at radius 2 is 1.59 bits per heavy atom. The zero-order valence-corrected chi connectivity index (χ0v) is 16.9. The van der Waals surface area contributed by atoms with E-state index in [0.717, 1.165) is 22.6 Å². The molecule has 0 aliphatic rings. The molecule has 0 amide bonds. The number of hydrogen-bond acceptors (Lipinski definition) is 4. The second-order valence-electron chi connectivity index (χ2n) is 5.71. The Kier molecular flexibility index (Phi) is 8.07. The second-order valence-corrected chi connectivity index (χ2v) is 6.12. The van der Waals surface area contributed by atoms with E-state index >= 15 is 0 Å². The molecule has 0 heterocycles. The summed E-state index contributed by atoms with van der Waals surface area (Å²) in [5, 5.41) is 7.34. The molecule has 0 radical (unpaired) electrons. The van der Waals surface area contributed by atoms with E-state index in [9.17, 15) is 0 Å². The molecule has 27 heavy (non-hydrogen) atoms. The average Bonchev–Trinajstić information content (AvgIpc) is 2.71. The van der Waals surface area contributed by atoms with Gasteiger partial charge in [-0.3, -0.25) is 4.99 Å². The third-order valence-electron chi connectivity index (χ3n) is 4.10. The number of guanidine groups is 1. The van der Waals surface area contributed by atoms with Crippen LogP contribution in [-0.4, -0.2) is 40.9 Å². The number of nitrogens with one attached hydrogen (secondary N) is 2. The highest BCUT2D eigenvalue weighted by atomic mass is 35.5. The Balaban J connectivity index is 1.96. The maximum atomic E-state index is 6.19. The van der Waals surface area contributed by atoms with Crippen molar-refractivity contribution >= 4 is 17.6 Å². The average molecular weight is 392 g/mol. The first kappa shape index (κ1) is 20.7. The molecule has 2 N–H and O–H groups in total. The molecule has 0 saturated heterocycles. The Hall–Kier alpha value is -2.60. The van der Waals surface area contributed by atoms with Gasteiger partial charge in [-0.05, 0) is 24.1 Å². The molecule has 7 heteroatoms. The fraction of sp³-hybridized carbons (Fsp3) is 0.350. The highest BCUT2D eigenvalue weighted by Crippen LogP contribution is 2.34. The van der Waals surface area contributed by atoms with Crippen molar-refractivity contribution in [1.29, 1.82) is 0 Å². The van der Waals surface area contributed by atoms with Gasteiger partial charge in [-0.25, -0.2) is 0 Å². The van der Waals surface area contributed by atoms with Crippen LogP contribution in [0.15, 0.2) is 41.4 Å². The molecule has 2 aromatic rings. The maximum Gasteiger partial charge on any atom is 0.191 e. The van der Waals surface area contributed by atoms with E-state index in [0.29, 0.717) is 36.3 Å². The molecule has 0 bridgehead atoms. The summed E-state index contributed by atoms with van der Waals surface area (Å²) in [5.41, 5.74) is 2.04. The number of ether oxygens (including phenoxy) is 3. The molecule has 6 nitrogen and oxygen atoms in total. The van der Waals surface area contributed by atoms with Crippen LogP contribution in [0.3, 0.4) is 0 Å². The van der Waals surface area contributed by atoms with Gasteiger partial charge in [0.1, 0.15) is 5.75 Å². The van der Waals surface area contributed by atoms with Crippen molar-refractivity contribution in [3.05, 3.63) is 52.5 Å². The molecule has 2 aromatic carbocycles. The number of rotatable bonds is 8. The lowest BCUT2D eigenvalue weighted by atomic mass is 10.1. The van der Waals surface area contributed by atoms with Crippen LogP contribution in [0.25, 0.3) is 0 Å². The van der Waals surface area contributed by atoms with Gasteiger partial charge in [0.2, 0.25) is 0 Å². The van der Waals surface area contributed by atoms with Crippen LogP contribution < -0.4 is 24.8 Å². The van der Waals surface area contributed by atoms with Gasteiger partial charge < -0.3 is 24.8 Å². The van der Waals surface area contributed by atoms with E-state index in [1.807, 2.05) is 36.4 Å². The lowest BCUT2D eigenvalue weighted by Gasteiger charge is -2.16. The first-order valence-corrected chi connectivity index (χ1v) is 8.97. The summed E-state index contributed by atoms with van der Waals surface area (Å²) in [6.45, 7) is 1.24. The molecule has 0 unspecified atom stereocenters. The quantitative estimate of drug-likeness (QED) is 0.534. The molecule has 0 spiro atoms. The summed E-state index contributed by atoms with van der Waals surface area (Å²) in [5.74, 6) is 2.68. The monoisotopic (exact) mass is 391 g/mol. The van der Waals surface area contributed by atoms with E-state index in [1.54, 1.807) is 28.4 Å². The first-order chi connectivity index (χ1) is 13.1. The van der Waals surface area contributed by atoms with Crippen molar-refractivity contribution in [1.82, 2.24) is 10.6 Å². The third-order valence-corrected chi connectivity index (χ3v) is 4.47. The highest BCUT2D eigenvalue weighted by Gasteiger charge is 2.12. The van der Waals surface area contributed by atoms with E-state index in [1.165, 1.54) is 0 Å². The van der Waals surface area contributed by atoms with E-state index < -0.39 is 0 Å². The first-order valence-electron chi connectivity index (χ1n) is 8.59. The smallest absolute Gasteiger partial charge is 0.191 e. The van der Waals surface area contributed by atoms with Gasteiger partial charge in [0.15, 0.2) is 17.5 Å². The Morgan fingerprint density at radius 3 is 2.22 bits per heavy atom. The zero-order chi connectivity index (χ0) is 19.6. The zero-order valence-electron chi connectivity index (χ0n) is 16.1. The molecule has 0 aromatic heterocycles. The third kappa shape index (κ3) is 5.69. The summed E-state index contributed by atoms with van der Waals surface area (Å²) in [4.78, 5) is 4.25. The van der Waals surface area contributed by atoms with Gasteiger partial charge >= 0.3 is 0 Å². The highest BCUT2D eigenvalue weighted by molar-refractivity contribution is 6.31. The Morgan fingerprint density at radius 1 is 0.926 bits per heavy atom. The SMILES string of the molecule is CN=C(NCCc1ccccc1Cl)NCc1cc(OC)c(OC)cc1OC. The van der Waals surface area contributed by atoms with Gasteiger partial charge in [-0.1, -0.05) is 29.8 Å². The van der Waals surface area contributed by atoms with Crippen LogP contribution in [0.2, 0.25) is 5.02 Å². The van der Waals surface area contributed by atoms with Crippen LogP contribution in [0.5, 0.6) is 17.2 Å². The predicted octanol–water partition coefficient (Wildman–Crippen LogP) is 3.27. The van der Waals surface area contributed by atoms with Crippen molar-refractivity contribution in [2.45, 2.75) is 13.0 Å². The fourth-order valence-electron chi connectivity index (χ4n) is 2.65. The molecule has 0 aliphatic carbocycles. The minimum Gasteiger partial charge on any atom is -0.496 e. The van der Waals surface area contributed by atoms with Crippen LogP contribution in [0.1, 0.15) is 11.1 Å². The summed E-state index contributed by atoms with van der Waals surface area (Å²) in [6, 6.07) is 11.5. The number of halogens is 1. The Labute approximate surface area is 165 Å². The molecule has 146 valence electrons. The van der Waals surface area contributed by atoms with Gasteiger partial charge in [0, 0.05) is 36.8 Å². The van der Waals surface area contributed by atoms with Crippen molar-refractivity contribution in [2.75, 3.05) is 34.9 Å². The second kappa shape index (κ2) is 10.5. The van der Waals surface area contributed by atoms with E-state index in [2.05, 4.69) is 15.6 Å². The van der Waals surface area contributed by atoms with Crippen LogP contribution >= 0.6 is 11.6 Å². The number of hydrogen-bond donors (Lipinski definition) is 2. The molecule has 0 saturated carbocycles.